The van der Waals surface area contributed by atoms with Gasteiger partial charge in [0.2, 0.25) is 0 Å². The number of halogens is 2. The molecule has 0 N–H and O–H groups in total. The van der Waals surface area contributed by atoms with Gasteiger partial charge in [0.1, 0.15) is 0 Å². The van der Waals surface area contributed by atoms with Crippen molar-refractivity contribution >= 4 is 22.6 Å². The summed E-state index contributed by atoms with van der Waals surface area (Å²) in [5.41, 5.74) is 0.548. The molecule has 0 aliphatic carbocycles. The molecule has 54 valence electrons. The van der Waals surface area contributed by atoms with Gasteiger partial charge in [-0.15, -0.1) is 0 Å². The minimum atomic E-state index is -0.175. The second-order valence-corrected chi connectivity index (χ2v) is 3.07. The van der Waals surface area contributed by atoms with E-state index < -0.39 is 0 Å². The standard InChI is InChI=1S/C7H7FIN/c1-2-6-7(8)5(9)3-4-10-6/h3-4H,2H2,1H3. The van der Waals surface area contributed by atoms with E-state index in [1.165, 1.54) is 0 Å². The fraction of sp³-hybridized carbons (Fsp3) is 0.286. The Kier molecular flexibility index (Phi) is 2.59. The molecular formula is C7H7FIN. The van der Waals surface area contributed by atoms with Gasteiger partial charge < -0.3 is 0 Å². The fourth-order valence-corrected chi connectivity index (χ4v) is 1.18. The smallest absolute Gasteiger partial charge is 0.157 e. The highest BCUT2D eigenvalue weighted by Gasteiger charge is 2.03. The maximum Gasteiger partial charge on any atom is 0.157 e. The predicted octanol–water partition coefficient (Wildman–Crippen LogP) is 2.39. The highest BCUT2D eigenvalue weighted by Crippen LogP contribution is 2.12. The first-order valence-electron chi connectivity index (χ1n) is 3.04. The lowest BCUT2D eigenvalue weighted by atomic mass is 10.3. The highest BCUT2D eigenvalue weighted by molar-refractivity contribution is 14.1. The van der Waals surface area contributed by atoms with Crippen molar-refractivity contribution < 1.29 is 4.39 Å². The van der Waals surface area contributed by atoms with Gasteiger partial charge in [-0.25, -0.2) is 4.39 Å². The van der Waals surface area contributed by atoms with Crippen LogP contribution in [0.1, 0.15) is 12.6 Å². The van der Waals surface area contributed by atoms with Crippen LogP contribution < -0.4 is 0 Å². The number of aromatic nitrogens is 1. The van der Waals surface area contributed by atoms with E-state index in [9.17, 15) is 4.39 Å². The quantitative estimate of drug-likeness (QED) is 0.698. The van der Waals surface area contributed by atoms with Crippen molar-refractivity contribution in [2.75, 3.05) is 0 Å². The van der Waals surface area contributed by atoms with Gasteiger partial charge in [-0.2, -0.15) is 0 Å². The molecule has 1 rings (SSSR count). The minimum absolute atomic E-state index is 0.175. The molecule has 0 saturated carbocycles. The van der Waals surface area contributed by atoms with Gasteiger partial charge in [-0.05, 0) is 35.1 Å². The van der Waals surface area contributed by atoms with E-state index in [1.54, 1.807) is 12.3 Å². The molecule has 1 aromatic heterocycles. The molecule has 0 saturated heterocycles. The van der Waals surface area contributed by atoms with Gasteiger partial charge >= 0.3 is 0 Å². The van der Waals surface area contributed by atoms with E-state index in [1.807, 2.05) is 29.5 Å². The number of hydrogen-bond donors (Lipinski definition) is 0. The van der Waals surface area contributed by atoms with Crippen molar-refractivity contribution in [2.45, 2.75) is 13.3 Å². The van der Waals surface area contributed by atoms with Crippen LogP contribution >= 0.6 is 22.6 Å². The molecule has 0 radical (unpaired) electrons. The summed E-state index contributed by atoms with van der Waals surface area (Å²) in [6.07, 6.45) is 2.28. The molecule has 0 fully saturated rings. The van der Waals surface area contributed by atoms with Crippen molar-refractivity contribution in [1.82, 2.24) is 4.98 Å². The molecule has 1 heterocycles. The maximum atomic E-state index is 12.9. The topological polar surface area (TPSA) is 12.9 Å². The second kappa shape index (κ2) is 3.27. The van der Waals surface area contributed by atoms with Crippen LogP contribution in [0.15, 0.2) is 12.3 Å². The Labute approximate surface area is 72.8 Å². The molecule has 10 heavy (non-hydrogen) atoms. The number of pyridine rings is 1. The summed E-state index contributed by atoms with van der Waals surface area (Å²) in [5.74, 6) is -0.175. The Morgan fingerprint density at radius 1 is 1.70 bits per heavy atom. The van der Waals surface area contributed by atoms with Crippen LogP contribution in [0.5, 0.6) is 0 Å². The third-order valence-corrected chi connectivity index (χ3v) is 2.08. The third-order valence-electron chi connectivity index (χ3n) is 1.25. The van der Waals surface area contributed by atoms with Crippen LogP contribution in [0, 0.1) is 9.39 Å². The van der Waals surface area contributed by atoms with E-state index in [-0.39, 0.29) is 5.82 Å². The zero-order chi connectivity index (χ0) is 7.56. The largest absolute Gasteiger partial charge is 0.258 e. The van der Waals surface area contributed by atoms with E-state index in [0.29, 0.717) is 15.7 Å². The third kappa shape index (κ3) is 1.45. The van der Waals surface area contributed by atoms with E-state index in [2.05, 4.69) is 4.98 Å². The summed E-state index contributed by atoms with van der Waals surface area (Å²) in [7, 11) is 0. The molecule has 0 aliphatic rings. The van der Waals surface area contributed by atoms with Crippen molar-refractivity contribution in [3.63, 3.8) is 0 Å². The summed E-state index contributed by atoms with van der Waals surface area (Å²) < 4.78 is 13.6. The monoisotopic (exact) mass is 251 g/mol. The van der Waals surface area contributed by atoms with Crippen LogP contribution in [-0.4, -0.2) is 4.98 Å². The van der Waals surface area contributed by atoms with Crippen LogP contribution in [0.4, 0.5) is 4.39 Å². The van der Waals surface area contributed by atoms with Crippen molar-refractivity contribution in [2.24, 2.45) is 0 Å². The van der Waals surface area contributed by atoms with Crippen LogP contribution in [0.25, 0.3) is 0 Å². The number of rotatable bonds is 1. The van der Waals surface area contributed by atoms with Crippen molar-refractivity contribution in [1.29, 1.82) is 0 Å². The lowest BCUT2D eigenvalue weighted by Crippen LogP contribution is -1.94. The van der Waals surface area contributed by atoms with Crippen molar-refractivity contribution in [3.05, 3.63) is 27.3 Å². The average Bonchev–Trinajstić information content (AvgIpc) is 1.95. The normalized spacial score (nSPS) is 9.90. The summed E-state index contributed by atoms with van der Waals surface area (Å²) in [6.45, 7) is 1.89. The summed E-state index contributed by atoms with van der Waals surface area (Å²) in [6, 6.07) is 1.66. The Morgan fingerprint density at radius 3 is 2.90 bits per heavy atom. The van der Waals surface area contributed by atoms with Gasteiger partial charge in [0.25, 0.3) is 0 Å². The Bertz CT molecular complexity index is 237. The summed E-state index contributed by atoms with van der Waals surface area (Å²) in [5, 5.41) is 0. The van der Waals surface area contributed by atoms with E-state index >= 15 is 0 Å². The van der Waals surface area contributed by atoms with Crippen LogP contribution in [-0.2, 0) is 6.42 Å². The van der Waals surface area contributed by atoms with E-state index in [4.69, 9.17) is 0 Å². The SMILES string of the molecule is CCc1nccc(I)c1F. The Balaban J connectivity index is 3.14. The molecule has 0 amide bonds. The number of nitrogens with zero attached hydrogens (tertiary/aromatic N) is 1. The molecule has 1 aromatic rings. The molecule has 0 unspecified atom stereocenters. The molecule has 0 aliphatic heterocycles. The van der Waals surface area contributed by atoms with Crippen LogP contribution in [0.3, 0.4) is 0 Å². The molecule has 3 heteroatoms. The first kappa shape index (κ1) is 7.91. The number of aryl methyl sites for hydroxylation is 1. The maximum absolute atomic E-state index is 12.9. The zero-order valence-electron chi connectivity index (χ0n) is 5.56. The summed E-state index contributed by atoms with van der Waals surface area (Å²) >= 11 is 1.96. The molecule has 0 atom stereocenters. The lowest BCUT2D eigenvalue weighted by molar-refractivity contribution is 0.594. The first-order valence-corrected chi connectivity index (χ1v) is 4.12. The summed E-state index contributed by atoms with van der Waals surface area (Å²) in [4.78, 5) is 3.88. The van der Waals surface area contributed by atoms with Crippen LogP contribution in [0.2, 0.25) is 0 Å². The van der Waals surface area contributed by atoms with Gasteiger partial charge in [-0.3, -0.25) is 4.98 Å². The predicted molar refractivity (Wildman–Crippen MR) is 46.3 cm³/mol. The molecule has 1 nitrogen and oxygen atoms in total. The molecule has 0 bridgehead atoms. The molecular weight excluding hydrogens is 244 g/mol. The minimum Gasteiger partial charge on any atom is -0.258 e. The first-order chi connectivity index (χ1) is 4.75. The molecule has 0 spiro atoms. The van der Waals surface area contributed by atoms with Gasteiger partial charge in [0.15, 0.2) is 5.82 Å². The van der Waals surface area contributed by atoms with E-state index in [0.717, 1.165) is 0 Å². The lowest BCUT2D eigenvalue weighted by Gasteiger charge is -1.97. The second-order valence-electron chi connectivity index (χ2n) is 1.91. The Morgan fingerprint density at radius 2 is 2.40 bits per heavy atom. The van der Waals surface area contributed by atoms with Gasteiger partial charge in [-0.1, -0.05) is 6.92 Å². The highest BCUT2D eigenvalue weighted by atomic mass is 127. The fourth-order valence-electron chi connectivity index (χ4n) is 0.707. The number of hydrogen-bond acceptors (Lipinski definition) is 1. The van der Waals surface area contributed by atoms with Gasteiger partial charge in [0, 0.05) is 6.20 Å². The van der Waals surface area contributed by atoms with Crippen molar-refractivity contribution in [3.8, 4) is 0 Å². The van der Waals surface area contributed by atoms with Gasteiger partial charge in [0.05, 0.1) is 9.26 Å². The average molecular weight is 251 g/mol. The zero-order valence-corrected chi connectivity index (χ0v) is 7.72. The Hall–Kier alpha value is -0.190. The molecule has 0 aromatic carbocycles.